The van der Waals surface area contributed by atoms with E-state index in [4.69, 9.17) is 5.11 Å². The van der Waals surface area contributed by atoms with Crippen molar-refractivity contribution in [3.8, 4) is 0 Å². The maximum atomic E-state index is 12.2. The second-order valence-corrected chi connectivity index (χ2v) is 5.78. The van der Waals surface area contributed by atoms with Crippen LogP contribution in [0.2, 0.25) is 0 Å². The summed E-state index contributed by atoms with van der Waals surface area (Å²) in [4.78, 5) is 25.7. The van der Waals surface area contributed by atoms with Crippen LogP contribution >= 0.6 is 11.3 Å². The van der Waals surface area contributed by atoms with Gasteiger partial charge < -0.3 is 10.0 Å². The van der Waals surface area contributed by atoms with Gasteiger partial charge in [0.15, 0.2) is 5.69 Å². The molecular weight excluding hydrogens is 292 g/mol. The zero-order valence-electron chi connectivity index (χ0n) is 11.8. The number of aromatic carboxylic acids is 1. The van der Waals surface area contributed by atoms with Gasteiger partial charge in [0.05, 0.1) is 6.20 Å². The third kappa shape index (κ3) is 3.88. The molecule has 0 spiro atoms. The van der Waals surface area contributed by atoms with Gasteiger partial charge in [0, 0.05) is 24.4 Å². The molecule has 0 fully saturated rings. The highest BCUT2D eigenvalue weighted by atomic mass is 32.1. The van der Waals surface area contributed by atoms with Crippen LogP contribution in [0.3, 0.4) is 0 Å². The Balaban J connectivity index is 1.93. The molecule has 2 heterocycles. The van der Waals surface area contributed by atoms with Crippen molar-refractivity contribution in [2.75, 3.05) is 7.05 Å². The molecule has 7 nitrogen and oxygen atoms in total. The highest BCUT2D eigenvalue weighted by molar-refractivity contribution is 7.09. The molecule has 0 aliphatic rings. The largest absolute Gasteiger partial charge is 0.476 e. The van der Waals surface area contributed by atoms with Crippen LogP contribution in [-0.4, -0.2) is 50.0 Å². The van der Waals surface area contributed by atoms with E-state index >= 15 is 0 Å². The van der Waals surface area contributed by atoms with Crippen molar-refractivity contribution < 1.29 is 14.7 Å². The molecular formula is C13H16N4O3S. The number of hydrogen-bond donors (Lipinski definition) is 1. The SMILES string of the molecule is CC(Cc1cccs1)N(C)C(=O)Cn1cc(C(=O)O)nn1. The summed E-state index contributed by atoms with van der Waals surface area (Å²) in [5.74, 6) is -1.30. The summed E-state index contributed by atoms with van der Waals surface area (Å²) < 4.78 is 1.24. The van der Waals surface area contributed by atoms with Gasteiger partial charge in [-0.15, -0.1) is 16.4 Å². The van der Waals surface area contributed by atoms with E-state index in [0.29, 0.717) is 0 Å². The average molecular weight is 308 g/mol. The zero-order chi connectivity index (χ0) is 15.4. The molecule has 1 N–H and O–H groups in total. The lowest BCUT2D eigenvalue weighted by atomic mass is 10.2. The molecule has 1 unspecified atom stereocenters. The number of thiophene rings is 1. The van der Waals surface area contributed by atoms with Crippen LogP contribution < -0.4 is 0 Å². The molecule has 1 amide bonds. The first kappa shape index (κ1) is 15.2. The fraction of sp³-hybridized carbons (Fsp3) is 0.385. The van der Waals surface area contributed by atoms with E-state index in [9.17, 15) is 9.59 Å². The van der Waals surface area contributed by atoms with Gasteiger partial charge in [-0.1, -0.05) is 11.3 Å². The third-order valence-electron chi connectivity index (χ3n) is 3.19. The second kappa shape index (κ2) is 6.49. The Morgan fingerprint density at radius 2 is 2.29 bits per heavy atom. The number of rotatable bonds is 6. The fourth-order valence-corrected chi connectivity index (χ4v) is 2.65. The van der Waals surface area contributed by atoms with Crippen LogP contribution in [0.25, 0.3) is 0 Å². The van der Waals surface area contributed by atoms with E-state index in [1.807, 2.05) is 24.4 Å². The Labute approximate surface area is 125 Å². The van der Waals surface area contributed by atoms with Gasteiger partial charge in [-0.05, 0) is 18.4 Å². The van der Waals surface area contributed by atoms with Crippen LogP contribution in [-0.2, 0) is 17.8 Å². The molecule has 112 valence electrons. The molecule has 0 saturated heterocycles. The van der Waals surface area contributed by atoms with Crippen molar-refractivity contribution in [3.05, 3.63) is 34.3 Å². The molecule has 1 atom stereocenters. The summed E-state index contributed by atoms with van der Waals surface area (Å²) in [6.45, 7) is 1.95. The monoisotopic (exact) mass is 308 g/mol. The Hall–Kier alpha value is -2.22. The fourth-order valence-electron chi connectivity index (χ4n) is 1.83. The molecule has 0 saturated carbocycles. The molecule has 21 heavy (non-hydrogen) atoms. The standard InChI is InChI=1S/C13H16N4O3S/c1-9(6-10-4-3-5-21-10)16(2)12(18)8-17-7-11(13(19)20)14-15-17/h3-5,7,9H,6,8H2,1-2H3,(H,19,20). The average Bonchev–Trinajstić information content (AvgIpc) is 3.09. The molecule has 0 radical (unpaired) electrons. The molecule has 0 bridgehead atoms. The third-order valence-corrected chi connectivity index (χ3v) is 4.08. The first-order chi connectivity index (χ1) is 9.97. The Morgan fingerprint density at radius 3 is 2.86 bits per heavy atom. The van der Waals surface area contributed by atoms with E-state index < -0.39 is 5.97 Å². The predicted molar refractivity (Wildman–Crippen MR) is 77.2 cm³/mol. The molecule has 2 rings (SSSR count). The van der Waals surface area contributed by atoms with E-state index in [1.165, 1.54) is 15.8 Å². The Morgan fingerprint density at radius 1 is 1.52 bits per heavy atom. The summed E-state index contributed by atoms with van der Waals surface area (Å²) >= 11 is 1.66. The topological polar surface area (TPSA) is 88.3 Å². The van der Waals surface area contributed by atoms with E-state index in [-0.39, 0.29) is 24.2 Å². The van der Waals surface area contributed by atoms with Gasteiger partial charge in [-0.3, -0.25) is 4.79 Å². The Bertz CT molecular complexity index is 623. The molecule has 0 aliphatic heterocycles. The summed E-state index contributed by atoms with van der Waals surface area (Å²) in [5.41, 5.74) is -0.169. The van der Waals surface area contributed by atoms with Crippen molar-refractivity contribution >= 4 is 23.2 Å². The maximum absolute atomic E-state index is 12.2. The zero-order valence-corrected chi connectivity index (χ0v) is 12.6. The molecule has 0 aromatic carbocycles. The van der Waals surface area contributed by atoms with Crippen LogP contribution in [0, 0.1) is 0 Å². The van der Waals surface area contributed by atoms with Crippen molar-refractivity contribution in [1.29, 1.82) is 0 Å². The van der Waals surface area contributed by atoms with Crippen LogP contribution in [0.4, 0.5) is 0 Å². The predicted octanol–water partition coefficient (Wildman–Crippen LogP) is 1.13. The summed E-state index contributed by atoms with van der Waals surface area (Å²) in [6.07, 6.45) is 2.04. The van der Waals surface area contributed by atoms with Crippen LogP contribution in [0.5, 0.6) is 0 Å². The lowest BCUT2D eigenvalue weighted by Crippen LogP contribution is -2.38. The van der Waals surface area contributed by atoms with Crippen molar-refractivity contribution in [3.63, 3.8) is 0 Å². The number of carbonyl (C=O) groups is 2. The lowest BCUT2D eigenvalue weighted by Gasteiger charge is -2.24. The van der Waals surface area contributed by atoms with Crippen molar-refractivity contribution in [1.82, 2.24) is 19.9 Å². The van der Waals surface area contributed by atoms with Gasteiger partial charge in [0.1, 0.15) is 6.54 Å². The first-order valence-corrected chi connectivity index (χ1v) is 7.27. The minimum Gasteiger partial charge on any atom is -0.476 e. The van der Waals surface area contributed by atoms with Crippen molar-refractivity contribution in [2.24, 2.45) is 0 Å². The highest BCUT2D eigenvalue weighted by Crippen LogP contribution is 2.13. The minimum atomic E-state index is -1.16. The van der Waals surface area contributed by atoms with E-state index in [1.54, 1.807) is 23.3 Å². The minimum absolute atomic E-state index is 0.0223. The number of aromatic nitrogens is 3. The van der Waals surface area contributed by atoms with E-state index in [0.717, 1.165) is 6.42 Å². The maximum Gasteiger partial charge on any atom is 0.358 e. The molecule has 8 heteroatoms. The molecule has 2 aromatic heterocycles. The number of hydrogen-bond acceptors (Lipinski definition) is 5. The summed E-state index contributed by atoms with van der Waals surface area (Å²) in [5, 5.41) is 17.9. The van der Waals surface area contributed by atoms with Crippen molar-refractivity contribution in [2.45, 2.75) is 25.9 Å². The number of likely N-dealkylation sites (N-methyl/N-ethyl adjacent to an activating group) is 1. The van der Waals surface area contributed by atoms with E-state index in [2.05, 4.69) is 10.3 Å². The number of carboxylic acids is 1. The number of nitrogens with zero attached hydrogens (tertiary/aromatic N) is 4. The van der Waals surface area contributed by atoms with Gasteiger partial charge in [-0.2, -0.15) is 0 Å². The van der Waals surface area contributed by atoms with Crippen LogP contribution in [0.1, 0.15) is 22.3 Å². The number of carbonyl (C=O) groups excluding carboxylic acids is 1. The summed E-state index contributed by atoms with van der Waals surface area (Å²) in [6, 6.07) is 4.08. The van der Waals surface area contributed by atoms with Gasteiger partial charge in [0.25, 0.3) is 0 Å². The number of carboxylic acid groups (broad SMARTS) is 1. The van der Waals surface area contributed by atoms with Gasteiger partial charge in [0.2, 0.25) is 5.91 Å². The molecule has 2 aromatic rings. The quantitative estimate of drug-likeness (QED) is 0.864. The van der Waals surface area contributed by atoms with Gasteiger partial charge in [-0.25, -0.2) is 9.48 Å². The number of amides is 1. The molecule has 0 aliphatic carbocycles. The van der Waals surface area contributed by atoms with Crippen LogP contribution in [0.15, 0.2) is 23.7 Å². The normalized spacial score (nSPS) is 12.1. The highest BCUT2D eigenvalue weighted by Gasteiger charge is 2.18. The van der Waals surface area contributed by atoms with Gasteiger partial charge >= 0.3 is 5.97 Å². The first-order valence-electron chi connectivity index (χ1n) is 6.39. The summed E-state index contributed by atoms with van der Waals surface area (Å²) in [7, 11) is 1.73. The lowest BCUT2D eigenvalue weighted by molar-refractivity contribution is -0.132. The smallest absolute Gasteiger partial charge is 0.358 e. The second-order valence-electron chi connectivity index (χ2n) is 4.74. The Kier molecular flexibility index (Phi) is 4.69.